The summed E-state index contributed by atoms with van der Waals surface area (Å²) in [4.78, 5) is 16.6. The molecule has 0 aliphatic carbocycles. The Balaban J connectivity index is 1.93. The van der Waals surface area contributed by atoms with E-state index in [0.29, 0.717) is 5.56 Å². The van der Waals surface area contributed by atoms with Crippen molar-refractivity contribution < 1.29 is 13.2 Å². The predicted octanol–water partition coefficient (Wildman–Crippen LogP) is 3.61. The lowest BCUT2D eigenvalue weighted by atomic mass is 10.2. The molecule has 118 valence electrons. The van der Waals surface area contributed by atoms with Crippen molar-refractivity contribution in [2.24, 2.45) is 0 Å². The zero-order valence-electron chi connectivity index (χ0n) is 11.9. The fraction of sp³-hybridized carbons (Fsp3) is 0.0667. The number of amides is 1. The molecule has 1 N–H and O–H groups in total. The topological polar surface area (TPSA) is 76.1 Å². The number of thiazole rings is 1. The van der Waals surface area contributed by atoms with Crippen molar-refractivity contribution >= 4 is 54.6 Å². The van der Waals surface area contributed by atoms with E-state index < -0.39 is 9.84 Å². The third-order valence-electron chi connectivity index (χ3n) is 3.21. The average molecular weight is 367 g/mol. The first-order valence-corrected chi connectivity index (χ1v) is 9.64. The Hall–Kier alpha value is -1.96. The van der Waals surface area contributed by atoms with Crippen LogP contribution in [0.5, 0.6) is 0 Å². The Morgan fingerprint density at radius 3 is 2.74 bits per heavy atom. The van der Waals surface area contributed by atoms with Crippen LogP contribution in [0, 0.1) is 0 Å². The van der Waals surface area contributed by atoms with Crippen LogP contribution in [0.4, 0.5) is 5.69 Å². The van der Waals surface area contributed by atoms with Crippen LogP contribution >= 0.6 is 22.9 Å². The smallest absolute Gasteiger partial charge is 0.255 e. The molecule has 23 heavy (non-hydrogen) atoms. The summed E-state index contributed by atoms with van der Waals surface area (Å²) in [5.74, 6) is -0.368. The van der Waals surface area contributed by atoms with Gasteiger partial charge in [-0.05, 0) is 36.4 Å². The largest absolute Gasteiger partial charge is 0.321 e. The van der Waals surface area contributed by atoms with Crippen LogP contribution in [-0.4, -0.2) is 25.6 Å². The van der Waals surface area contributed by atoms with Gasteiger partial charge in [0.2, 0.25) is 0 Å². The molecule has 0 spiro atoms. The van der Waals surface area contributed by atoms with Crippen LogP contribution in [-0.2, 0) is 9.84 Å². The number of carbonyl (C=O) groups is 1. The first-order chi connectivity index (χ1) is 10.8. The number of fused-ring (bicyclic) bond motifs is 1. The number of halogens is 1. The van der Waals surface area contributed by atoms with Gasteiger partial charge < -0.3 is 5.32 Å². The van der Waals surface area contributed by atoms with E-state index in [1.165, 1.54) is 29.5 Å². The molecule has 0 saturated heterocycles. The molecule has 0 aliphatic heterocycles. The van der Waals surface area contributed by atoms with Crippen molar-refractivity contribution in [2.45, 2.75) is 4.90 Å². The van der Waals surface area contributed by atoms with Gasteiger partial charge in [0, 0.05) is 11.8 Å². The summed E-state index contributed by atoms with van der Waals surface area (Å²) in [7, 11) is -3.38. The van der Waals surface area contributed by atoms with Crippen LogP contribution in [0.1, 0.15) is 10.4 Å². The van der Waals surface area contributed by atoms with Crippen molar-refractivity contribution in [2.75, 3.05) is 11.6 Å². The minimum atomic E-state index is -3.38. The van der Waals surface area contributed by atoms with E-state index in [0.717, 1.165) is 16.5 Å². The Kier molecular flexibility index (Phi) is 4.09. The molecule has 0 atom stereocenters. The molecule has 1 heterocycles. The van der Waals surface area contributed by atoms with Gasteiger partial charge in [0.05, 0.1) is 31.3 Å². The molecule has 3 aromatic rings. The molecule has 1 aromatic heterocycles. The summed E-state index contributed by atoms with van der Waals surface area (Å²) < 4.78 is 24.1. The first-order valence-electron chi connectivity index (χ1n) is 6.49. The highest BCUT2D eigenvalue weighted by Gasteiger charge is 2.14. The van der Waals surface area contributed by atoms with Crippen LogP contribution in [0.3, 0.4) is 0 Å². The van der Waals surface area contributed by atoms with Gasteiger partial charge in [-0.1, -0.05) is 11.6 Å². The fourth-order valence-electron chi connectivity index (χ4n) is 2.02. The van der Waals surface area contributed by atoms with Crippen molar-refractivity contribution in [1.82, 2.24) is 4.98 Å². The highest BCUT2D eigenvalue weighted by atomic mass is 35.5. The van der Waals surface area contributed by atoms with Crippen LogP contribution in [0.15, 0.2) is 46.8 Å². The van der Waals surface area contributed by atoms with E-state index in [1.807, 2.05) is 0 Å². The zero-order valence-corrected chi connectivity index (χ0v) is 14.3. The van der Waals surface area contributed by atoms with Gasteiger partial charge in [0.25, 0.3) is 5.91 Å². The van der Waals surface area contributed by atoms with E-state index >= 15 is 0 Å². The number of aromatic nitrogens is 1. The molecule has 8 heteroatoms. The van der Waals surface area contributed by atoms with Crippen LogP contribution < -0.4 is 5.32 Å². The molecule has 2 aromatic carbocycles. The lowest BCUT2D eigenvalue weighted by Gasteiger charge is -2.09. The molecule has 0 bridgehead atoms. The fourth-order valence-corrected chi connectivity index (χ4v) is 3.55. The molecule has 0 radical (unpaired) electrons. The molecule has 0 fully saturated rings. The molecule has 0 aliphatic rings. The Bertz CT molecular complexity index is 1010. The maximum Gasteiger partial charge on any atom is 0.255 e. The van der Waals surface area contributed by atoms with Crippen LogP contribution in [0.2, 0.25) is 5.02 Å². The Morgan fingerprint density at radius 1 is 1.22 bits per heavy atom. The standard InChI is InChI=1S/C15H11ClN2O3S2/c1-23(20,21)10-3-4-11(16)13(7-10)18-15(19)9-2-5-12-14(6-9)22-8-17-12/h2-8H,1H3,(H,18,19). The molecular formula is C15H11ClN2O3S2. The van der Waals surface area contributed by atoms with E-state index in [-0.39, 0.29) is 21.5 Å². The zero-order chi connectivity index (χ0) is 16.6. The number of nitrogens with zero attached hydrogens (tertiary/aromatic N) is 1. The number of anilines is 1. The monoisotopic (exact) mass is 366 g/mol. The van der Waals surface area contributed by atoms with Crippen LogP contribution in [0.25, 0.3) is 10.2 Å². The number of hydrogen-bond acceptors (Lipinski definition) is 5. The normalized spacial score (nSPS) is 11.6. The quantitative estimate of drug-likeness (QED) is 0.768. The van der Waals surface area contributed by atoms with Crippen molar-refractivity contribution in [1.29, 1.82) is 0 Å². The van der Waals surface area contributed by atoms with Gasteiger partial charge >= 0.3 is 0 Å². The minimum absolute atomic E-state index is 0.0927. The summed E-state index contributed by atoms with van der Waals surface area (Å²) in [6.45, 7) is 0. The van der Waals surface area contributed by atoms with Gasteiger partial charge in [0.1, 0.15) is 0 Å². The number of nitrogens with one attached hydrogen (secondary N) is 1. The highest BCUT2D eigenvalue weighted by molar-refractivity contribution is 7.90. The summed E-state index contributed by atoms with van der Waals surface area (Å²) in [5, 5.41) is 2.91. The minimum Gasteiger partial charge on any atom is -0.321 e. The van der Waals surface area contributed by atoms with Crippen molar-refractivity contribution in [3.63, 3.8) is 0 Å². The average Bonchev–Trinajstić information content (AvgIpc) is 2.95. The molecule has 0 unspecified atom stereocenters. The van der Waals surface area contributed by atoms with E-state index in [2.05, 4.69) is 10.3 Å². The van der Waals surface area contributed by atoms with Gasteiger partial charge in [-0.2, -0.15) is 0 Å². The third-order valence-corrected chi connectivity index (χ3v) is 5.44. The van der Waals surface area contributed by atoms with Gasteiger partial charge in [-0.25, -0.2) is 13.4 Å². The van der Waals surface area contributed by atoms with Crippen molar-refractivity contribution in [3.8, 4) is 0 Å². The Labute approximate surface area is 141 Å². The summed E-state index contributed by atoms with van der Waals surface area (Å²) in [6.07, 6.45) is 1.10. The molecule has 1 amide bonds. The third kappa shape index (κ3) is 3.36. The lowest BCUT2D eigenvalue weighted by molar-refractivity contribution is 0.102. The van der Waals surface area contributed by atoms with E-state index in [9.17, 15) is 13.2 Å². The number of carbonyl (C=O) groups excluding carboxylic acids is 1. The van der Waals surface area contributed by atoms with Gasteiger partial charge in [0.15, 0.2) is 9.84 Å². The molecule has 3 rings (SSSR count). The number of sulfone groups is 1. The number of hydrogen-bond donors (Lipinski definition) is 1. The van der Waals surface area contributed by atoms with Gasteiger partial charge in [-0.15, -0.1) is 11.3 Å². The van der Waals surface area contributed by atoms with E-state index in [4.69, 9.17) is 11.6 Å². The van der Waals surface area contributed by atoms with Crippen molar-refractivity contribution in [3.05, 3.63) is 52.5 Å². The maximum absolute atomic E-state index is 12.4. The molecule has 0 saturated carbocycles. The second-order valence-electron chi connectivity index (χ2n) is 4.90. The predicted molar refractivity (Wildman–Crippen MR) is 92.1 cm³/mol. The summed E-state index contributed by atoms with van der Waals surface area (Å²) in [6, 6.07) is 9.34. The number of rotatable bonds is 3. The highest BCUT2D eigenvalue weighted by Crippen LogP contribution is 2.26. The lowest BCUT2D eigenvalue weighted by Crippen LogP contribution is -2.12. The summed E-state index contributed by atoms with van der Waals surface area (Å²) >= 11 is 7.48. The second kappa shape index (κ2) is 5.92. The number of benzene rings is 2. The maximum atomic E-state index is 12.4. The molecular weight excluding hydrogens is 356 g/mol. The second-order valence-corrected chi connectivity index (χ2v) is 8.21. The van der Waals surface area contributed by atoms with Gasteiger partial charge in [-0.3, -0.25) is 4.79 Å². The first kappa shape index (κ1) is 15.9. The Morgan fingerprint density at radius 2 is 2.00 bits per heavy atom. The summed E-state index contributed by atoms with van der Waals surface area (Å²) in [5.41, 5.74) is 3.23. The van der Waals surface area contributed by atoms with E-state index in [1.54, 1.807) is 23.7 Å². The molecule has 5 nitrogen and oxygen atoms in total. The SMILES string of the molecule is CS(=O)(=O)c1ccc(Cl)c(NC(=O)c2ccc3ncsc3c2)c1.